The van der Waals surface area contributed by atoms with Gasteiger partial charge < -0.3 is 14.6 Å². The zero-order chi connectivity index (χ0) is 23.4. The van der Waals surface area contributed by atoms with Gasteiger partial charge in [0.1, 0.15) is 15.7 Å². The van der Waals surface area contributed by atoms with Crippen LogP contribution in [0.15, 0.2) is 32.2 Å². The molecular weight excluding hydrogens is 462 g/mol. The van der Waals surface area contributed by atoms with E-state index in [1.54, 1.807) is 5.38 Å². The highest BCUT2D eigenvalue weighted by Gasteiger charge is 2.33. The Morgan fingerprint density at radius 2 is 1.79 bits per heavy atom. The van der Waals surface area contributed by atoms with Crippen molar-refractivity contribution < 1.29 is 22.4 Å². The highest BCUT2D eigenvalue weighted by Crippen LogP contribution is 2.29. The molecule has 2 aliphatic heterocycles. The van der Waals surface area contributed by atoms with Crippen molar-refractivity contribution in [2.24, 2.45) is 5.92 Å². The van der Waals surface area contributed by atoms with Crippen molar-refractivity contribution in [1.29, 1.82) is 0 Å². The highest BCUT2D eigenvalue weighted by atomic mass is 32.2. The van der Waals surface area contributed by atoms with Crippen molar-refractivity contribution in [3.05, 3.63) is 40.7 Å². The number of likely N-dealkylation sites (tertiary alicyclic amines) is 1. The van der Waals surface area contributed by atoms with E-state index in [-0.39, 0.29) is 35.0 Å². The van der Waals surface area contributed by atoms with Crippen molar-refractivity contribution in [3.8, 4) is 0 Å². The summed E-state index contributed by atoms with van der Waals surface area (Å²) in [5.74, 6) is 1.10. The van der Waals surface area contributed by atoms with E-state index in [1.807, 2.05) is 24.0 Å². The summed E-state index contributed by atoms with van der Waals surface area (Å²) in [5, 5.41) is 4.53. The number of hydrogen-bond acceptors (Lipinski definition) is 6. The van der Waals surface area contributed by atoms with Crippen LogP contribution in [0.2, 0.25) is 0 Å². The number of thiophene rings is 1. The maximum atomic E-state index is 13.1. The molecule has 0 radical (unpaired) electrons. The van der Waals surface area contributed by atoms with Crippen molar-refractivity contribution in [3.63, 3.8) is 0 Å². The van der Waals surface area contributed by atoms with Crippen LogP contribution in [0.3, 0.4) is 0 Å². The first kappa shape index (κ1) is 24.0. The molecule has 180 valence electrons. The fraction of sp³-hybridized carbons (Fsp3) is 0.565. The molecule has 2 amide bonds. The summed E-state index contributed by atoms with van der Waals surface area (Å²) in [4.78, 5) is 27.2. The van der Waals surface area contributed by atoms with Gasteiger partial charge in [-0.15, -0.1) is 11.3 Å². The van der Waals surface area contributed by atoms with Crippen molar-refractivity contribution in [1.82, 2.24) is 14.5 Å². The molecule has 33 heavy (non-hydrogen) atoms. The van der Waals surface area contributed by atoms with Crippen LogP contribution in [0.1, 0.15) is 60.4 Å². The zero-order valence-electron chi connectivity index (χ0n) is 18.9. The summed E-state index contributed by atoms with van der Waals surface area (Å²) in [6.07, 6.45) is 5.17. The van der Waals surface area contributed by atoms with Gasteiger partial charge >= 0.3 is 0 Å². The molecule has 0 aromatic carbocycles. The molecule has 2 fully saturated rings. The number of hydrogen-bond donors (Lipinski definition) is 1. The summed E-state index contributed by atoms with van der Waals surface area (Å²) in [5.41, 5.74) is 0.447. The second-order valence-corrected chi connectivity index (χ2v) is 11.8. The van der Waals surface area contributed by atoms with Crippen LogP contribution in [-0.2, 0) is 21.4 Å². The Kier molecular flexibility index (Phi) is 7.55. The molecule has 2 aromatic rings. The lowest BCUT2D eigenvalue weighted by molar-refractivity contribution is -0.126. The van der Waals surface area contributed by atoms with Crippen LogP contribution < -0.4 is 5.32 Å². The summed E-state index contributed by atoms with van der Waals surface area (Å²) >= 11 is 1.10. The summed E-state index contributed by atoms with van der Waals surface area (Å²) in [6, 6.07) is 5.19. The Morgan fingerprint density at radius 1 is 1.09 bits per heavy atom. The number of carbonyl (C=O) groups excluding carboxylic acids is 2. The van der Waals surface area contributed by atoms with Crippen LogP contribution >= 0.6 is 11.3 Å². The molecule has 0 bridgehead atoms. The molecule has 0 saturated carbocycles. The Labute approximate surface area is 199 Å². The van der Waals surface area contributed by atoms with Gasteiger partial charge in [-0.3, -0.25) is 9.59 Å². The van der Waals surface area contributed by atoms with E-state index in [0.717, 1.165) is 55.9 Å². The molecule has 0 spiro atoms. The third-order valence-electron chi connectivity index (χ3n) is 6.37. The SMILES string of the molecule is Cc1ccc(CNC(=O)C2CCN(S(=O)(=O)c3cc(C(=O)N4CCCCCC4)cs3)CC2)o1. The number of amides is 2. The van der Waals surface area contributed by atoms with Crippen LogP contribution in [-0.4, -0.2) is 55.6 Å². The predicted octanol–water partition coefficient (Wildman–Crippen LogP) is 3.38. The molecule has 2 saturated heterocycles. The molecule has 0 aliphatic carbocycles. The summed E-state index contributed by atoms with van der Waals surface area (Å²) in [7, 11) is -3.68. The van der Waals surface area contributed by atoms with E-state index in [2.05, 4.69) is 5.32 Å². The molecule has 10 heteroatoms. The topological polar surface area (TPSA) is 99.9 Å². The van der Waals surface area contributed by atoms with E-state index >= 15 is 0 Å². The number of carbonyl (C=O) groups is 2. The molecule has 4 rings (SSSR count). The first-order valence-electron chi connectivity index (χ1n) is 11.6. The minimum atomic E-state index is -3.68. The fourth-order valence-corrected chi connectivity index (χ4v) is 7.18. The first-order chi connectivity index (χ1) is 15.8. The maximum absolute atomic E-state index is 13.1. The van der Waals surface area contributed by atoms with Gasteiger partial charge in [0.25, 0.3) is 15.9 Å². The summed E-state index contributed by atoms with van der Waals surface area (Å²) in [6.45, 7) is 4.20. The Morgan fingerprint density at radius 3 is 2.42 bits per heavy atom. The third kappa shape index (κ3) is 5.67. The van der Waals surface area contributed by atoms with Crippen LogP contribution in [0.4, 0.5) is 0 Å². The molecule has 0 atom stereocenters. The standard InChI is InChI=1S/C23H31N3O5S2/c1-17-6-7-20(31-17)15-24-22(27)18-8-12-26(13-9-18)33(29,30)21-14-19(16-32-21)23(28)25-10-4-2-3-5-11-25/h6-7,14,16,18H,2-5,8-13,15H2,1H3,(H,24,27). The van der Waals surface area contributed by atoms with Crippen molar-refractivity contribution >= 4 is 33.2 Å². The lowest BCUT2D eigenvalue weighted by atomic mass is 9.97. The molecule has 1 N–H and O–H groups in total. The van der Waals surface area contributed by atoms with E-state index in [4.69, 9.17) is 4.42 Å². The molecule has 4 heterocycles. The van der Waals surface area contributed by atoms with Crippen LogP contribution in [0, 0.1) is 12.8 Å². The highest BCUT2D eigenvalue weighted by molar-refractivity contribution is 7.91. The predicted molar refractivity (Wildman–Crippen MR) is 125 cm³/mol. The number of sulfonamides is 1. The molecule has 2 aromatic heterocycles. The van der Waals surface area contributed by atoms with Gasteiger partial charge in [0.15, 0.2) is 0 Å². The Bertz CT molecular complexity index is 1080. The summed E-state index contributed by atoms with van der Waals surface area (Å²) < 4.78 is 33.4. The molecule has 2 aliphatic rings. The lowest BCUT2D eigenvalue weighted by Gasteiger charge is -2.30. The molecule has 8 nitrogen and oxygen atoms in total. The smallest absolute Gasteiger partial charge is 0.254 e. The van der Waals surface area contributed by atoms with E-state index in [0.29, 0.717) is 30.7 Å². The second-order valence-electron chi connectivity index (χ2n) is 8.77. The number of nitrogens with one attached hydrogen (secondary N) is 1. The average Bonchev–Trinajstić information content (AvgIpc) is 3.39. The monoisotopic (exact) mass is 493 g/mol. The quantitative estimate of drug-likeness (QED) is 0.665. The maximum Gasteiger partial charge on any atom is 0.254 e. The fourth-order valence-electron chi connectivity index (χ4n) is 4.40. The average molecular weight is 494 g/mol. The largest absolute Gasteiger partial charge is 0.465 e. The van der Waals surface area contributed by atoms with E-state index in [1.165, 1.54) is 10.4 Å². The van der Waals surface area contributed by atoms with E-state index < -0.39 is 10.0 Å². The van der Waals surface area contributed by atoms with Gasteiger partial charge in [0, 0.05) is 37.5 Å². The second kappa shape index (κ2) is 10.4. The molecule has 0 unspecified atom stereocenters. The van der Waals surface area contributed by atoms with Crippen molar-refractivity contribution in [2.45, 2.75) is 56.2 Å². The van der Waals surface area contributed by atoms with E-state index in [9.17, 15) is 18.0 Å². The number of aryl methyl sites for hydroxylation is 1. The third-order valence-corrected chi connectivity index (χ3v) is 9.68. The number of furan rings is 1. The normalized spacial score (nSPS) is 18.8. The first-order valence-corrected chi connectivity index (χ1v) is 13.9. The molecular formula is C23H31N3O5S2. The van der Waals surface area contributed by atoms with Gasteiger partial charge in [-0.25, -0.2) is 8.42 Å². The lowest BCUT2D eigenvalue weighted by Crippen LogP contribution is -2.42. The number of nitrogens with zero attached hydrogens (tertiary/aromatic N) is 2. The van der Waals surface area contributed by atoms with Gasteiger partial charge in [-0.1, -0.05) is 12.8 Å². The van der Waals surface area contributed by atoms with Crippen LogP contribution in [0.5, 0.6) is 0 Å². The van der Waals surface area contributed by atoms with Gasteiger partial charge in [-0.05, 0) is 50.8 Å². The number of piperidine rings is 1. The van der Waals surface area contributed by atoms with Gasteiger partial charge in [0.2, 0.25) is 5.91 Å². The minimum absolute atomic E-state index is 0.0810. The van der Waals surface area contributed by atoms with Crippen molar-refractivity contribution in [2.75, 3.05) is 26.2 Å². The van der Waals surface area contributed by atoms with Gasteiger partial charge in [-0.2, -0.15) is 4.31 Å². The minimum Gasteiger partial charge on any atom is -0.465 e. The van der Waals surface area contributed by atoms with Crippen LogP contribution in [0.25, 0.3) is 0 Å². The van der Waals surface area contributed by atoms with Gasteiger partial charge in [0.05, 0.1) is 12.1 Å². The zero-order valence-corrected chi connectivity index (χ0v) is 20.6. The Balaban J connectivity index is 1.32. The number of rotatable bonds is 6. The Hall–Kier alpha value is -2.17.